The Balaban J connectivity index is 1.64. The summed E-state index contributed by atoms with van der Waals surface area (Å²) in [4.78, 5) is 23.9. The van der Waals surface area contributed by atoms with E-state index in [1.54, 1.807) is 54.6 Å². The second-order valence-corrected chi connectivity index (χ2v) is 6.11. The number of ether oxygens (including phenoxy) is 2. The lowest BCUT2D eigenvalue weighted by Crippen LogP contribution is -2.33. The van der Waals surface area contributed by atoms with Gasteiger partial charge >= 0.3 is 5.97 Å². The molecule has 136 valence electrons. The highest BCUT2D eigenvalue weighted by atomic mass is 16.5. The molecule has 0 aliphatic carbocycles. The molecule has 1 heterocycles. The zero-order valence-corrected chi connectivity index (χ0v) is 14.3. The predicted octanol–water partition coefficient (Wildman–Crippen LogP) is 2.80. The number of hydrogen-bond donors (Lipinski definition) is 2. The number of nitrogens with one attached hydrogen (secondary N) is 1. The van der Waals surface area contributed by atoms with E-state index in [-0.39, 0.29) is 6.10 Å². The van der Waals surface area contributed by atoms with E-state index in [1.807, 2.05) is 0 Å². The Morgan fingerprint density at radius 2 is 1.69 bits per heavy atom. The van der Waals surface area contributed by atoms with E-state index in [4.69, 9.17) is 9.47 Å². The fourth-order valence-electron chi connectivity index (χ4n) is 2.82. The monoisotopic (exact) mass is 355 g/mol. The molecular formula is C20H21NO5. The molecule has 3 rings (SSSR count). The van der Waals surface area contributed by atoms with Crippen molar-refractivity contribution in [3.8, 4) is 5.75 Å². The number of carbonyl (C=O) groups is 2. The average molecular weight is 355 g/mol. The standard InChI is InChI=1S/C20H21NO5/c22-19(21-18(20(23)24)14-4-2-1-3-5-14)15-6-8-16(9-7-15)26-17-10-12-25-13-11-17/h1-9,17-18H,10-13H2,(H,21,22)(H,23,24)/t18-/m0/s1. The van der Waals surface area contributed by atoms with Crippen LogP contribution in [0.15, 0.2) is 54.6 Å². The van der Waals surface area contributed by atoms with Gasteiger partial charge in [0.25, 0.3) is 5.91 Å². The van der Waals surface area contributed by atoms with Crippen LogP contribution in [0.5, 0.6) is 5.75 Å². The number of benzene rings is 2. The Labute approximate surface area is 151 Å². The lowest BCUT2D eigenvalue weighted by atomic mass is 10.1. The van der Waals surface area contributed by atoms with Crippen LogP contribution in [0, 0.1) is 0 Å². The first-order chi connectivity index (χ1) is 12.6. The number of hydrogen-bond acceptors (Lipinski definition) is 4. The summed E-state index contributed by atoms with van der Waals surface area (Å²) in [6.45, 7) is 1.39. The van der Waals surface area contributed by atoms with E-state index >= 15 is 0 Å². The summed E-state index contributed by atoms with van der Waals surface area (Å²) < 4.78 is 11.2. The molecule has 2 aromatic rings. The molecule has 1 amide bonds. The molecule has 0 unspecified atom stereocenters. The summed E-state index contributed by atoms with van der Waals surface area (Å²) >= 11 is 0. The number of aliphatic carboxylic acids is 1. The average Bonchev–Trinajstić information content (AvgIpc) is 2.68. The molecule has 1 saturated heterocycles. The van der Waals surface area contributed by atoms with Gasteiger partial charge in [0.2, 0.25) is 0 Å². The van der Waals surface area contributed by atoms with Crippen LogP contribution in [-0.4, -0.2) is 36.3 Å². The van der Waals surface area contributed by atoms with Gasteiger partial charge in [-0.25, -0.2) is 4.79 Å². The number of carbonyl (C=O) groups excluding carboxylic acids is 1. The summed E-state index contributed by atoms with van der Waals surface area (Å²) in [6.07, 6.45) is 1.82. The second-order valence-electron chi connectivity index (χ2n) is 6.11. The van der Waals surface area contributed by atoms with Gasteiger partial charge in [-0.1, -0.05) is 30.3 Å². The van der Waals surface area contributed by atoms with Gasteiger partial charge in [-0.15, -0.1) is 0 Å². The summed E-state index contributed by atoms with van der Waals surface area (Å²) in [7, 11) is 0. The van der Waals surface area contributed by atoms with Gasteiger partial charge in [0, 0.05) is 18.4 Å². The van der Waals surface area contributed by atoms with Crippen molar-refractivity contribution in [3.63, 3.8) is 0 Å². The molecule has 6 heteroatoms. The molecule has 2 N–H and O–H groups in total. The van der Waals surface area contributed by atoms with E-state index in [1.165, 1.54) is 0 Å². The maximum absolute atomic E-state index is 12.4. The SMILES string of the molecule is O=C(N[C@H](C(=O)O)c1ccccc1)c1ccc(OC2CCOCC2)cc1. The summed E-state index contributed by atoms with van der Waals surface area (Å²) in [5.41, 5.74) is 0.902. The molecule has 1 fully saturated rings. The van der Waals surface area contributed by atoms with Crippen LogP contribution in [0.4, 0.5) is 0 Å². The summed E-state index contributed by atoms with van der Waals surface area (Å²) in [5.74, 6) is -0.866. The minimum absolute atomic E-state index is 0.123. The van der Waals surface area contributed by atoms with Crippen LogP contribution in [0.1, 0.15) is 34.8 Å². The number of carboxylic acids is 1. The fourth-order valence-corrected chi connectivity index (χ4v) is 2.82. The van der Waals surface area contributed by atoms with Crippen molar-refractivity contribution >= 4 is 11.9 Å². The van der Waals surface area contributed by atoms with Crippen molar-refractivity contribution in [2.45, 2.75) is 25.0 Å². The van der Waals surface area contributed by atoms with Gasteiger partial charge < -0.3 is 19.9 Å². The van der Waals surface area contributed by atoms with Crippen LogP contribution in [0.25, 0.3) is 0 Å². The quantitative estimate of drug-likeness (QED) is 0.832. The first-order valence-electron chi connectivity index (χ1n) is 8.56. The molecule has 0 radical (unpaired) electrons. The molecule has 6 nitrogen and oxygen atoms in total. The Bertz CT molecular complexity index is 739. The molecule has 1 aliphatic rings. The van der Waals surface area contributed by atoms with Gasteiger partial charge in [-0.3, -0.25) is 4.79 Å². The van der Waals surface area contributed by atoms with E-state index < -0.39 is 17.9 Å². The van der Waals surface area contributed by atoms with Crippen molar-refractivity contribution in [2.75, 3.05) is 13.2 Å². The normalized spacial score (nSPS) is 15.8. The van der Waals surface area contributed by atoms with Crippen molar-refractivity contribution in [1.82, 2.24) is 5.32 Å². The summed E-state index contributed by atoms with van der Waals surface area (Å²) in [5, 5.41) is 12.0. The van der Waals surface area contributed by atoms with Gasteiger partial charge in [0.15, 0.2) is 6.04 Å². The van der Waals surface area contributed by atoms with Gasteiger partial charge in [-0.2, -0.15) is 0 Å². The second kappa shape index (κ2) is 8.49. The Hall–Kier alpha value is -2.86. The maximum atomic E-state index is 12.4. The van der Waals surface area contributed by atoms with Crippen molar-refractivity contribution in [3.05, 3.63) is 65.7 Å². The van der Waals surface area contributed by atoms with Crippen LogP contribution < -0.4 is 10.1 Å². The number of amides is 1. The van der Waals surface area contributed by atoms with Crippen LogP contribution in [0.3, 0.4) is 0 Å². The topological polar surface area (TPSA) is 84.9 Å². The van der Waals surface area contributed by atoms with Crippen LogP contribution in [-0.2, 0) is 9.53 Å². The molecule has 0 aromatic heterocycles. The molecule has 2 aromatic carbocycles. The van der Waals surface area contributed by atoms with Crippen molar-refractivity contribution in [1.29, 1.82) is 0 Å². The first-order valence-corrected chi connectivity index (χ1v) is 8.56. The molecular weight excluding hydrogens is 334 g/mol. The Morgan fingerprint density at radius 1 is 1.04 bits per heavy atom. The molecule has 26 heavy (non-hydrogen) atoms. The predicted molar refractivity (Wildman–Crippen MR) is 95.2 cm³/mol. The molecule has 1 atom stereocenters. The highest BCUT2D eigenvalue weighted by molar-refractivity contribution is 5.96. The van der Waals surface area contributed by atoms with Gasteiger partial charge in [-0.05, 0) is 29.8 Å². The first kappa shape index (κ1) is 17.9. The maximum Gasteiger partial charge on any atom is 0.330 e. The zero-order chi connectivity index (χ0) is 18.4. The van der Waals surface area contributed by atoms with Crippen LogP contribution >= 0.6 is 0 Å². The number of rotatable bonds is 6. The van der Waals surface area contributed by atoms with E-state index in [2.05, 4.69) is 5.32 Å². The summed E-state index contributed by atoms with van der Waals surface area (Å²) in [6, 6.07) is 14.2. The highest BCUT2D eigenvalue weighted by Crippen LogP contribution is 2.19. The number of carboxylic acid groups (broad SMARTS) is 1. The molecule has 0 bridgehead atoms. The fraction of sp³-hybridized carbons (Fsp3) is 0.300. The lowest BCUT2D eigenvalue weighted by molar-refractivity contribution is -0.139. The van der Waals surface area contributed by atoms with Gasteiger partial charge in [0.05, 0.1) is 13.2 Å². The lowest BCUT2D eigenvalue weighted by Gasteiger charge is -2.23. The highest BCUT2D eigenvalue weighted by Gasteiger charge is 2.22. The van der Waals surface area contributed by atoms with E-state index in [9.17, 15) is 14.7 Å². The minimum Gasteiger partial charge on any atom is -0.490 e. The largest absolute Gasteiger partial charge is 0.490 e. The van der Waals surface area contributed by atoms with E-state index in [0.29, 0.717) is 30.1 Å². The minimum atomic E-state index is -1.11. The Kier molecular flexibility index (Phi) is 5.86. The van der Waals surface area contributed by atoms with Crippen molar-refractivity contribution in [2.24, 2.45) is 0 Å². The third kappa shape index (κ3) is 4.61. The molecule has 0 saturated carbocycles. The molecule has 1 aliphatic heterocycles. The third-order valence-electron chi connectivity index (χ3n) is 4.24. The molecule has 0 spiro atoms. The van der Waals surface area contributed by atoms with Gasteiger partial charge in [0.1, 0.15) is 11.9 Å². The Morgan fingerprint density at radius 3 is 2.31 bits per heavy atom. The van der Waals surface area contributed by atoms with E-state index in [0.717, 1.165) is 12.8 Å². The smallest absolute Gasteiger partial charge is 0.330 e. The zero-order valence-electron chi connectivity index (χ0n) is 14.3. The van der Waals surface area contributed by atoms with Crippen LogP contribution in [0.2, 0.25) is 0 Å². The third-order valence-corrected chi connectivity index (χ3v) is 4.24. The van der Waals surface area contributed by atoms with Crippen molar-refractivity contribution < 1.29 is 24.2 Å².